The van der Waals surface area contributed by atoms with Gasteiger partial charge in [0.2, 0.25) is 5.91 Å². The third-order valence-electron chi connectivity index (χ3n) is 6.49. The van der Waals surface area contributed by atoms with Gasteiger partial charge in [-0.2, -0.15) is 0 Å². The average molecular weight is 497 g/mol. The van der Waals surface area contributed by atoms with Crippen LogP contribution in [0.1, 0.15) is 48.1 Å². The first-order valence-electron chi connectivity index (χ1n) is 12.0. The zero-order chi connectivity index (χ0) is 25.2. The molecule has 1 amide bonds. The Kier molecular flexibility index (Phi) is 6.52. The van der Waals surface area contributed by atoms with Crippen LogP contribution in [0.2, 0.25) is 0 Å². The van der Waals surface area contributed by atoms with E-state index in [-0.39, 0.29) is 18.0 Å². The summed E-state index contributed by atoms with van der Waals surface area (Å²) in [7, 11) is 0. The number of benzene rings is 1. The molecule has 0 unspecified atom stereocenters. The molecule has 4 aromatic rings. The van der Waals surface area contributed by atoms with E-state index in [0.717, 1.165) is 39.7 Å². The molecule has 0 spiro atoms. The number of nitrogens with one attached hydrogen (secondary N) is 2. The molecule has 2 N–H and O–H groups in total. The van der Waals surface area contributed by atoms with Gasteiger partial charge in [0, 0.05) is 41.6 Å². The van der Waals surface area contributed by atoms with Crippen molar-refractivity contribution in [3.8, 4) is 5.69 Å². The predicted octanol–water partition coefficient (Wildman–Crippen LogP) is 5.41. The first-order chi connectivity index (χ1) is 17.5. The van der Waals surface area contributed by atoms with E-state index >= 15 is 0 Å². The Hall–Kier alpha value is -4.04. The Balaban J connectivity index is 1.64. The lowest BCUT2D eigenvalue weighted by Gasteiger charge is -2.29. The van der Waals surface area contributed by atoms with E-state index in [1.807, 2.05) is 56.4 Å². The largest absolute Gasteiger partial charge is 0.351 e. The highest BCUT2D eigenvalue weighted by Crippen LogP contribution is 2.43. The Labute approximate surface area is 216 Å². The second-order valence-electron chi connectivity index (χ2n) is 8.84. The maximum atomic E-state index is 12.0. The molecule has 1 saturated heterocycles. The predicted molar refractivity (Wildman–Crippen MR) is 146 cm³/mol. The quantitative estimate of drug-likeness (QED) is 0.348. The van der Waals surface area contributed by atoms with Crippen LogP contribution in [0.3, 0.4) is 0 Å². The molecule has 1 aliphatic heterocycles. The second kappa shape index (κ2) is 9.91. The van der Waals surface area contributed by atoms with E-state index in [2.05, 4.69) is 61.3 Å². The van der Waals surface area contributed by atoms with Crippen molar-refractivity contribution >= 4 is 34.6 Å². The fourth-order valence-electron chi connectivity index (χ4n) is 4.74. The fourth-order valence-corrected chi connectivity index (χ4v) is 5.08. The first kappa shape index (κ1) is 23.7. The summed E-state index contributed by atoms with van der Waals surface area (Å²) in [5, 5.41) is 7.12. The van der Waals surface area contributed by atoms with Crippen LogP contribution < -0.4 is 15.5 Å². The third-order valence-corrected chi connectivity index (χ3v) is 6.81. The van der Waals surface area contributed by atoms with E-state index in [0.29, 0.717) is 11.5 Å². The van der Waals surface area contributed by atoms with E-state index in [4.69, 9.17) is 12.2 Å². The molecule has 0 radical (unpaired) electrons. The lowest BCUT2D eigenvalue weighted by atomic mass is 10.0. The fraction of sp³-hybridized carbons (Fsp3) is 0.214. The highest BCUT2D eigenvalue weighted by Gasteiger charge is 2.42. The van der Waals surface area contributed by atoms with E-state index in [9.17, 15) is 4.79 Å². The van der Waals surface area contributed by atoms with Crippen molar-refractivity contribution in [2.75, 3.05) is 10.2 Å². The van der Waals surface area contributed by atoms with Crippen LogP contribution >= 0.6 is 12.2 Å². The Morgan fingerprint density at radius 3 is 2.61 bits per heavy atom. The van der Waals surface area contributed by atoms with Crippen LogP contribution in [0.5, 0.6) is 0 Å². The van der Waals surface area contributed by atoms with Gasteiger partial charge < -0.3 is 20.1 Å². The number of rotatable bonds is 6. The molecular formula is C28H28N6OS. The maximum Gasteiger partial charge on any atom is 0.224 e. The van der Waals surface area contributed by atoms with Gasteiger partial charge in [0.1, 0.15) is 6.04 Å². The van der Waals surface area contributed by atoms with E-state index < -0.39 is 0 Å². The van der Waals surface area contributed by atoms with Gasteiger partial charge in [-0.15, -0.1) is 0 Å². The van der Waals surface area contributed by atoms with Crippen LogP contribution in [-0.2, 0) is 4.79 Å². The molecule has 5 rings (SSSR count). The number of anilines is 2. The number of carbonyl (C=O) groups is 1. The van der Waals surface area contributed by atoms with E-state index in [1.165, 1.54) is 0 Å². The SMILES string of the molecule is CCC(=O)Nc1ccc(N2C(=S)N[C@@H](c3ccccn3)[C@@H]2c2ccc(C)n2-c2cccnc2)cc1C. The minimum absolute atomic E-state index is 0.0120. The smallest absolute Gasteiger partial charge is 0.224 e. The van der Waals surface area contributed by atoms with Crippen molar-refractivity contribution in [3.63, 3.8) is 0 Å². The van der Waals surface area contributed by atoms with Crippen molar-refractivity contribution < 1.29 is 4.79 Å². The van der Waals surface area contributed by atoms with Gasteiger partial charge in [-0.3, -0.25) is 14.8 Å². The van der Waals surface area contributed by atoms with Crippen LogP contribution in [0.25, 0.3) is 5.69 Å². The Bertz CT molecular complexity index is 1400. The molecular weight excluding hydrogens is 468 g/mol. The molecule has 182 valence electrons. The zero-order valence-electron chi connectivity index (χ0n) is 20.5. The first-order valence-corrected chi connectivity index (χ1v) is 12.4. The topological polar surface area (TPSA) is 75.1 Å². The number of pyridine rings is 2. The number of hydrogen-bond acceptors (Lipinski definition) is 4. The lowest BCUT2D eigenvalue weighted by molar-refractivity contribution is -0.115. The number of aryl methyl sites for hydroxylation is 2. The van der Waals surface area contributed by atoms with Crippen LogP contribution in [-0.4, -0.2) is 25.6 Å². The Morgan fingerprint density at radius 1 is 1.06 bits per heavy atom. The minimum atomic E-state index is -0.170. The van der Waals surface area contributed by atoms with Gasteiger partial charge in [0.15, 0.2) is 5.11 Å². The minimum Gasteiger partial charge on any atom is -0.351 e. The number of carbonyl (C=O) groups excluding carboxylic acids is 1. The number of aromatic nitrogens is 3. The molecule has 8 heteroatoms. The highest BCUT2D eigenvalue weighted by atomic mass is 32.1. The monoisotopic (exact) mass is 496 g/mol. The molecule has 3 aromatic heterocycles. The standard InChI is InChI=1S/C28H28N6OS/c1-4-25(35)31-22-12-11-20(16-18(22)2)34-27(26(32-28(34)36)23-9-5-6-15-30-23)24-13-10-19(3)33(24)21-8-7-14-29-17-21/h5-17,26-27H,4H2,1-3H3,(H,31,35)(H,32,36)/t26-,27-/m0/s1. The van der Waals surface area contributed by atoms with Crippen LogP contribution in [0, 0.1) is 13.8 Å². The summed E-state index contributed by atoms with van der Waals surface area (Å²) in [6.45, 7) is 5.93. The number of amides is 1. The second-order valence-corrected chi connectivity index (χ2v) is 9.23. The Morgan fingerprint density at radius 2 is 1.92 bits per heavy atom. The summed E-state index contributed by atoms with van der Waals surface area (Å²) in [6.07, 6.45) is 5.88. The zero-order valence-corrected chi connectivity index (χ0v) is 21.3. The average Bonchev–Trinajstić information content (AvgIpc) is 3.45. The van der Waals surface area contributed by atoms with Crippen LogP contribution in [0.4, 0.5) is 11.4 Å². The summed E-state index contributed by atoms with van der Waals surface area (Å²) in [5.74, 6) is -0.0120. The normalized spacial score (nSPS) is 17.2. The van der Waals surface area contributed by atoms with Gasteiger partial charge in [0.05, 0.1) is 23.6 Å². The molecule has 36 heavy (non-hydrogen) atoms. The number of nitrogens with zero attached hydrogens (tertiary/aromatic N) is 4. The van der Waals surface area contributed by atoms with Gasteiger partial charge in [-0.1, -0.05) is 13.0 Å². The van der Waals surface area contributed by atoms with Crippen molar-refractivity contribution in [2.24, 2.45) is 0 Å². The number of hydrogen-bond donors (Lipinski definition) is 2. The van der Waals surface area contributed by atoms with Gasteiger partial charge in [0.25, 0.3) is 0 Å². The molecule has 4 heterocycles. The van der Waals surface area contributed by atoms with Crippen molar-refractivity contribution in [2.45, 2.75) is 39.3 Å². The summed E-state index contributed by atoms with van der Waals surface area (Å²) in [4.78, 5) is 23.1. The summed E-state index contributed by atoms with van der Waals surface area (Å²) < 4.78 is 2.22. The molecule has 0 saturated carbocycles. The molecule has 1 fully saturated rings. The molecule has 7 nitrogen and oxygen atoms in total. The van der Waals surface area contributed by atoms with Crippen molar-refractivity contribution in [1.29, 1.82) is 0 Å². The maximum absolute atomic E-state index is 12.0. The molecule has 1 aliphatic rings. The summed E-state index contributed by atoms with van der Waals surface area (Å²) in [6, 6.07) is 19.9. The van der Waals surface area contributed by atoms with Gasteiger partial charge in [-0.05, 0) is 86.2 Å². The summed E-state index contributed by atoms with van der Waals surface area (Å²) >= 11 is 5.90. The van der Waals surface area contributed by atoms with Crippen molar-refractivity contribution in [3.05, 3.63) is 102 Å². The highest BCUT2D eigenvalue weighted by molar-refractivity contribution is 7.80. The van der Waals surface area contributed by atoms with E-state index in [1.54, 1.807) is 12.4 Å². The number of thiocarbonyl (C=S) groups is 1. The molecule has 2 atom stereocenters. The molecule has 0 aliphatic carbocycles. The van der Waals surface area contributed by atoms with Crippen LogP contribution in [0.15, 0.2) is 79.3 Å². The molecule has 0 bridgehead atoms. The van der Waals surface area contributed by atoms with Gasteiger partial charge >= 0.3 is 0 Å². The van der Waals surface area contributed by atoms with Crippen molar-refractivity contribution in [1.82, 2.24) is 19.9 Å². The lowest BCUT2D eigenvalue weighted by Crippen LogP contribution is -2.30. The van der Waals surface area contributed by atoms with Gasteiger partial charge in [-0.25, -0.2) is 0 Å². The molecule has 1 aromatic carbocycles. The third kappa shape index (κ3) is 4.35. The summed E-state index contributed by atoms with van der Waals surface area (Å²) in [5.41, 5.74) is 6.79.